The summed E-state index contributed by atoms with van der Waals surface area (Å²) in [4.78, 5) is 25.4. The summed E-state index contributed by atoms with van der Waals surface area (Å²) in [6.07, 6.45) is 1.40. The Morgan fingerprint density at radius 1 is 1.42 bits per heavy atom. The average Bonchev–Trinajstić information content (AvgIpc) is 2.38. The Morgan fingerprint density at radius 2 is 2.21 bits per heavy atom. The Balaban J connectivity index is 2.36. The molecule has 0 aromatic carbocycles. The van der Waals surface area contributed by atoms with E-state index in [0.717, 1.165) is 0 Å². The lowest BCUT2D eigenvalue weighted by molar-refractivity contribution is -0.384. The standard InChI is InChI=1S/C9H7ClN6O3/c1-19-9-14-7(10)13-8(15-9)12-6-5(16(17)18)3-2-4-11-6/h2-4H,1H3,(H,11,12,13,14,15). The van der Waals surface area contributed by atoms with Crippen LogP contribution in [0.25, 0.3) is 0 Å². The monoisotopic (exact) mass is 282 g/mol. The number of halogens is 1. The molecular formula is C9H7ClN6O3. The minimum atomic E-state index is -0.574. The molecule has 0 aliphatic carbocycles. The van der Waals surface area contributed by atoms with Crippen LogP contribution < -0.4 is 10.1 Å². The molecule has 0 radical (unpaired) electrons. The molecule has 2 rings (SSSR count). The molecule has 0 saturated heterocycles. The first-order chi connectivity index (χ1) is 9.10. The van der Waals surface area contributed by atoms with Gasteiger partial charge in [0.2, 0.25) is 17.0 Å². The van der Waals surface area contributed by atoms with Crippen LogP contribution in [0.15, 0.2) is 18.3 Å². The van der Waals surface area contributed by atoms with Gasteiger partial charge in [-0.05, 0) is 17.7 Å². The fraction of sp³-hybridized carbons (Fsp3) is 0.111. The Kier molecular flexibility index (Phi) is 3.66. The van der Waals surface area contributed by atoms with Crippen molar-refractivity contribution in [2.24, 2.45) is 0 Å². The van der Waals surface area contributed by atoms with Crippen molar-refractivity contribution in [3.8, 4) is 6.01 Å². The maximum Gasteiger partial charge on any atom is 0.322 e. The zero-order valence-corrected chi connectivity index (χ0v) is 10.3. The number of nitrogens with one attached hydrogen (secondary N) is 1. The van der Waals surface area contributed by atoms with Gasteiger partial charge in [0.15, 0.2) is 0 Å². The van der Waals surface area contributed by atoms with Crippen LogP contribution in [0.3, 0.4) is 0 Å². The first-order valence-electron chi connectivity index (χ1n) is 4.92. The van der Waals surface area contributed by atoms with Crippen LogP contribution in [-0.4, -0.2) is 32.0 Å². The fourth-order valence-corrected chi connectivity index (χ4v) is 1.38. The number of ether oxygens (including phenoxy) is 1. The van der Waals surface area contributed by atoms with Gasteiger partial charge in [0.25, 0.3) is 0 Å². The van der Waals surface area contributed by atoms with Gasteiger partial charge in [-0.3, -0.25) is 10.1 Å². The van der Waals surface area contributed by atoms with E-state index in [-0.39, 0.29) is 28.7 Å². The lowest BCUT2D eigenvalue weighted by Crippen LogP contribution is -2.04. The molecule has 0 aliphatic rings. The van der Waals surface area contributed by atoms with Crippen molar-refractivity contribution in [3.05, 3.63) is 33.7 Å². The van der Waals surface area contributed by atoms with Gasteiger partial charge in [-0.15, -0.1) is 0 Å². The maximum atomic E-state index is 10.8. The van der Waals surface area contributed by atoms with E-state index in [2.05, 4.69) is 25.3 Å². The molecule has 19 heavy (non-hydrogen) atoms. The first kappa shape index (κ1) is 12.9. The van der Waals surface area contributed by atoms with Crippen LogP contribution in [0.2, 0.25) is 5.28 Å². The number of rotatable bonds is 4. The minimum Gasteiger partial charge on any atom is -0.467 e. The van der Waals surface area contributed by atoms with Crippen LogP contribution >= 0.6 is 11.6 Å². The van der Waals surface area contributed by atoms with Crippen LogP contribution in [0.5, 0.6) is 6.01 Å². The van der Waals surface area contributed by atoms with Gasteiger partial charge in [-0.25, -0.2) is 4.98 Å². The summed E-state index contributed by atoms with van der Waals surface area (Å²) in [6.45, 7) is 0. The number of anilines is 2. The lowest BCUT2D eigenvalue weighted by atomic mass is 10.4. The topological polar surface area (TPSA) is 116 Å². The van der Waals surface area contributed by atoms with Gasteiger partial charge in [0.05, 0.1) is 12.0 Å². The van der Waals surface area contributed by atoms with Crippen molar-refractivity contribution >= 4 is 29.1 Å². The third kappa shape index (κ3) is 3.01. The van der Waals surface area contributed by atoms with E-state index in [9.17, 15) is 10.1 Å². The maximum absolute atomic E-state index is 10.8. The summed E-state index contributed by atoms with van der Waals surface area (Å²) in [5.74, 6) is -0.00419. The summed E-state index contributed by atoms with van der Waals surface area (Å²) in [5.41, 5.74) is -0.210. The molecule has 0 atom stereocenters. The number of nitrogens with zero attached hydrogens (tertiary/aromatic N) is 5. The minimum absolute atomic E-state index is 0.00125. The first-order valence-corrected chi connectivity index (χ1v) is 5.30. The third-order valence-corrected chi connectivity index (χ3v) is 2.15. The van der Waals surface area contributed by atoms with Gasteiger partial charge in [-0.1, -0.05) is 0 Å². The van der Waals surface area contributed by atoms with Crippen molar-refractivity contribution in [2.45, 2.75) is 0 Å². The molecule has 2 aromatic rings. The van der Waals surface area contributed by atoms with Gasteiger partial charge in [-0.2, -0.15) is 15.0 Å². The Morgan fingerprint density at radius 3 is 2.89 bits per heavy atom. The highest BCUT2D eigenvalue weighted by Crippen LogP contribution is 2.23. The molecule has 98 valence electrons. The molecule has 0 spiro atoms. The molecule has 0 amide bonds. The highest BCUT2D eigenvalue weighted by molar-refractivity contribution is 6.28. The number of aromatic nitrogens is 4. The molecule has 0 aliphatic heterocycles. The summed E-state index contributed by atoms with van der Waals surface area (Å²) in [5, 5.41) is 13.3. The SMILES string of the molecule is COc1nc(Cl)nc(Nc2ncccc2[N+](=O)[O-])n1. The van der Waals surface area contributed by atoms with Crippen LogP contribution in [0.1, 0.15) is 0 Å². The summed E-state index contributed by atoms with van der Waals surface area (Å²) < 4.78 is 4.81. The second kappa shape index (κ2) is 5.40. The van der Waals surface area contributed by atoms with Gasteiger partial charge in [0.1, 0.15) is 0 Å². The smallest absolute Gasteiger partial charge is 0.322 e. The zero-order chi connectivity index (χ0) is 13.8. The second-order valence-electron chi connectivity index (χ2n) is 3.17. The highest BCUT2D eigenvalue weighted by atomic mass is 35.5. The Bertz CT molecular complexity index is 623. The highest BCUT2D eigenvalue weighted by Gasteiger charge is 2.16. The quantitative estimate of drug-likeness (QED) is 0.663. The van der Waals surface area contributed by atoms with Gasteiger partial charge < -0.3 is 10.1 Å². The zero-order valence-electron chi connectivity index (χ0n) is 9.57. The largest absolute Gasteiger partial charge is 0.467 e. The number of methoxy groups -OCH3 is 1. The van der Waals surface area contributed by atoms with Crippen LogP contribution in [-0.2, 0) is 0 Å². The average molecular weight is 283 g/mol. The summed E-state index contributed by atoms with van der Waals surface area (Å²) in [7, 11) is 1.36. The molecule has 2 heterocycles. The third-order valence-electron chi connectivity index (χ3n) is 1.98. The number of pyridine rings is 1. The van der Waals surface area contributed by atoms with Crippen molar-refractivity contribution < 1.29 is 9.66 Å². The van der Waals surface area contributed by atoms with E-state index in [1.54, 1.807) is 0 Å². The van der Waals surface area contributed by atoms with Crippen molar-refractivity contribution in [2.75, 3.05) is 12.4 Å². The summed E-state index contributed by atoms with van der Waals surface area (Å²) >= 11 is 5.66. The molecule has 0 unspecified atom stereocenters. The predicted octanol–water partition coefficient (Wildman–Crippen LogP) is 1.58. The molecule has 9 nitrogen and oxygen atoms in total. The van der Waals surface area contributed by atoms with Crippen LogP contribution in [0.4, 0.5) is 17.5 Å². The van der Waals surface area contributed by atoms with Crippen molar-refractivity contribution in [1.82, 2.24) is 19.9 Å². The summed E-state index contributed by atoms with van der Waals surface area (Å²) in [6, 6.07) is 2.74. The normalized spacial score (nSPS) is 10.0. The van der Waals surface area contributed by atoms with E-state index in [0.29, 0.717) is 0 Å². The molecule has 0 fully saturated rings. The van der Waals surface area contributed by atoms with Crippen molar-refractivity contribution in [3.63, 3.8) is 0 Å². The van der Waals surface area contributed by atoms with E-state index in [4.69, 9.17) is 16.3 Å². The molecule has 0 saturated carbocycles. The van der Waals surface area contributed by atoms with E-state index < -0.39 is 4.92 Å². The Hall–Kier alpha value is -2.55. The molecule has 0 bridgehead atoms. The predicted molar refractivity (Wildman–Crippen MR) is 65.6 cm³/mol. The van der Waals surface area contributed by atoms with E-state index in [1.165, 1.54) is 25.4 Å². The Labute approximate surface area is 111 Å². The van der Waals surface area contributed by atoms with Crippen molar-refractivity contribution in [1.29, 1.82) is 0 Å². The number of nitro groups is 1. The number of hydrogen-bond donors (Lipinski definition) is 1. The number of hydrogen-bond acceptors (Lipinski definition) is 8. The lowest BCUT2D eigenvalue weighted by Gasteiger charge is -2.05. The van der Waals surface area contributed by atoms with Gasteiger partial charge >= 0.3 is 11.7 Å². The van der Waals surface area contributed by atoms with E-state index in [1.807, 2.05) is 0 Å². The molecule has 1 N–H and O–H groups in total. The van der Waals surface area contributed by atoms with Crippen LogP contribution in [0, 0.1) is 10.1 Å². The van der Waals surface area contributed by atoms with Gasteiger partial charge in [0, 0.05) is 12.3 Å². The molecule has 2 aromatic heterocycles. The molecular weight excluding hydrogens is 276 g/mol. The molecule has 10 heteroatoms. The fourth-order valence-electron chi connectivity index (χ4n) is 1.23. The second-order valence-corrected chi connectivity index (χ2v) is 3.51. The van der Waals surface area contributed by atoms with E-state index >= 15 is 0 Å².